The maximum absolute atomic E-state index is 12.0. The Hall–Kier alpha value is -0.910. The van der Waals surface area contributed by atoms with Crippen molar-refractivity contribution < 1.29 is 13.5 Å². The normalized spacial score (nSPS) is 16.8. The largest absolute Gasteiger partial charge is 0.393 e. The molecule has 1 aromatic rings. The molecule has 0 fully saturated rings. The van der Waals surface area contributed by atoms with Crippen LogP contribution in [0.5, 0.6) is 0 Å². The third-order valence-electron chi connectivity index (χ3n) is 2.91. The maximum Gasteiger partial charge on any atom is 0.212 e. The van der Waals surface area contributed by atoms with Crippen LogP contribution in [0.2, 0.25) is 0 Å². The highest BCUT2D eigenvalue weighted by Gasteiger charge is 2.19. The topological polar surface area (TPSA) is 66.4 Å². The number of hydrogen-bond donors (Lipinski definition) is 2. The second-order valence-corrected chi connectivity index (χ2v) is 7.00. The van der Waals surface area contributed by atoms with E-state index in [1.807, 2.05) is 37.3 Å². The molecule has 108 valence electrons. The fourth-order valence-corrected chi connectivity index (χ4v) is 3.78. The molecule has 0 aliphatic heterocycles. The predicted molar refractivity (Wildman–Crippen MR) is 77.5 cm³/mol. The lowest BCUT2D eigenvalue weighted by Gasteiger charge is -2.18. The van der Waals surface area contributed by atoms with Gasteiger partial charge in [-0.3, -0.25) is 0 Å². The van der Waals surface area contributed by atoms with Crippen LogP contribution in [0.15, 0.2) is 30.3 Å². The molecule has 19 heavy (non-hydrogen) atoms. The van der Waals surface area contributed by atoms with Crippen LogP contribution in [0, 0.1) is 0 Å². The summed E-state index contributed by atoms with van der Waals surface area (Å²) in [6.07, 6.45) is -0.0943. The van der Waals surface area contributed by atoms with Gasteiger partial charge in [0.15, 0.2) is 0 Å². The number of nitrogens with one attached hydrogen (secondary N) is 1. The molecule has 5 heteroatoms. The summed E-state index contributed by atoms with van der Waals surface area (Å²) in [6, 6.07) is 9.32. The zero-order valence-electron chi connectivity index (χ0n) is 11.7. The lowest BCUT2D eigenvalue weighted by molar-refractivity contribution is 0.175. The molecule has 0 spiro atoms. The molecular formula is C14H23NO3S. The fraction of sp³-hybridized carbons (Fsp3) is 0.571. The number of aliphatic hydroxyl groups is 1. The van der Waals surface area contributed by atoms with Crippen LogP contribution in [0.1, 0.15) is 38.7 Å². The molecule has 0 amide bonds. The summed E-state index contributed by atoms with van der Waals surface area (Å²) in [6.45, 7) is 5.31. The van der Waals surface area contributed by atoms with Crippen LogP contribution in [0.3, 0.4) is 0 Å². The van der Waals surface area contributed by atoms with Gasteiger partial charge in [0.1, 0.15) is 0 Å². The van der Waals surface area contributed by atoms with Crippen LogP contribution < -0.4 is 4.72 Å². The molecule has 0 aliphatic carbocycles. The van der Waals surface area contributed by atoms with Crippen molar-refractivity contribution in [1.29, 1.82) is 0 Å². The van der Waals surface area contributed by atoms with Crippen molar-refractivity contribution >= 4 is 10.0 Å². The van der Waals surface area contributed by atoms with E-state index < -0.39 is 16.1 Å². The maximum atomic E-state index is 12.0. The lowest BCUT2D eigenvalue weighted by Crippen LogP contribution is -2.37. The molecule has 3 atom stereocenters. The Kier molecular flexibility index (Phi) is 5.97. The van der Waals surface area contributed by atoms with Crippen LogP contribution in [-0.2, 0) is 10.0 Å². The smallest absolute Gasteiger partial charge is 0.212 e. The van der Waals surface area contributed by atoms with Gasteiger partial charge in [-0.1, -0.05) is 37.3 Å². The van der Waals surface area contributed by atoms with Gasteiger partial charge in [0.25, 0.3) is 0 Å². The van der Waals surface area contributed by atoms with Gasteiger partial charge in [0.2, 0.25) is 10.0 Å². The highest BCUT2D eigenvalue weighted by atomic mass is 32.2. The Morgan fingerprint density at radius 1 is 1.16 bits per heavy atom. The minimum atomic E-state index is -3.33. The van der Waals surface area contributed by atoms with Gasteiger partial charge in [-0.25, -0.2) is 13.1 Å². The van der Waals surface area contributed by atoms with Gasteiger partial charge in [0.05, 0.1) is 11.9 Å². The molecule has 2 N–H and O–H groups in total. The predicted octanol–water partition coefficient (Wildman–Crippen LogP) is 1.87. The number of rotatable bonds is 7. The van der Waals surface area contributed by atoms with E-state index >= 15 is 0 Å². The highest BCUT2D eigenvalue weighted by Crippen LogP contribution is 2.16. The molecular weight excluding hydrogens is 262 g/mol. The number of aliphatic hydroxyl groups excluding tert-OH is 1. The minimum Gasteiger partial charge on any atom is -0.393 e. The average Bonchev–Trinajstić information content (AvgIpc) is 2.27. The number of sulfonamides is 1. The first-order valence-electron chi connectivity index (χ1n) is 6.53. The van der Waals surface area contributed by atoms with E-state index in [4.69, 9.17) is 0 Å². The molecule has 0 radical (unpaired) electrons. The first-order chi connectivity index (χ1) is 8.80. The lowest BCUT2D eigenvalue weighted by atomic mass is 10.0. The van der Waals surface area contributed by atoms with Crippen molar-refractivity contribution in [2.24, 2.45) is 0 Å². The van der Waals surface area contributed by atoms with Crippen molar-refractivity contribution in [2.75, 3.05) is 5.75 Å². The molecule has 0 aromatic heterocycles. The van der Waals surface area contributed by atoms with E-state index in [9.17, 15) is 13.5 Å². The first-order valence-corrected chi connectivity index (χ1v) is 8.18. The van der Waals surface area contributed by atoms with E-state index in [1.165, 1.54) is 0 Å². The molecule has 1 aromatic carbocycles. The molecule has 0 bridgehead atoms. The van der Waals surface area contributed by atoms with Crippen molar-refractivity contribution in [1.82, 2.24) is 4.72 Å². The standard InChI is InChI=1S/C14H23NO3S/c1-11(14-7-5-4-6-8-14)10-19(17,18)15-12(2)9-13(3)16/h4-8,11-13,15-16H,9-10H2,1-3H3. The van der Waals surface area contributed by atoms with Crippen molar-refractivity contribution in [3.05, 3.63) is 35.9 Å². The summed E-state index contributed by atoms with van der Waals surface area (Å²) >= 11 is 0. The van der Waals surface area contributed by atoms with E-state index in [1.54, 1.807) is 13.8 Å². The summed E-state index contributed by atoms with van der Waals surface area (Å²) in [5, 5.41) is 9.24. The van der Waals surface area contributed by atoms with E-state index in [2.05, 4.69) is 4.72 Å². The van der Waals surface area contributed by atoms with E-state index in [0.717, 1.165) is 5.56 Å². The minimum absolute atomic E-state index is 0.0567. The third-order valence-corrected chi connectivity index (χ3v) is 4.61. The second kappa shape index (κ2) is 7.03. The summed E-state index contributed by atoms with van der Waals surface area (Å²) in [5.41, 5.74) is 1.01. The molecule has 0 saturated carbocycles. The second-order valence-electron chi connectivity index (χ2n) is 5.20. The van der Waals surface area contributed by atoms with Gasteiger partial charge < -0.3 is 5.11 Å². The van der Waals surface area contributed by atoms with Gasteiger partial charge in [0, 0.05) is 6.04 Å². The Morgan fingerprint density at radius 2 is 1.74 bits per heavy atom. The van der Waals surface area contributed by atoms with Crippen LogP contribution in [-0.4, -0.2) is 31.4 Å². The van der Waals surface area contributed by atoms with Gasteiger partial charge >= 0.3 is 0 Å². The zero-order chi connectivity index (χ0) is 14.5. The molecule has 4 nitrogen and oxygen atoms in total. The van der Waals surface area contributed by atoms with Gasteiger partial charge in [-0.15, -0.1) is 0 Å². The van der Waals surface area contributed by atoms with Crippen LogP contribution in [0.25, 0.3) is 0 Å². The zero-order valence-corrected chi connectivity index (χ0v) is 12.5. The molecule has 1 rings (SSSR count). The summed E-state index contributed by atoms with van der Waals surface area (Å²) in [4.78, 5) is 0. The Balaban J connectivity index is 2.60. The Morgan fingerprint density at radius 3 is 2.26 bits per heavy atom. The Bertz CT molecular complexity index is 471. The number of benzene rings is 1. The quantitative estimate of drug-likeness (QED) is 0.803. The van der Waals surface area contributed by atoms with Gasteiger partial charge in [-0.2, -0.15) is 0 Å². The summed E-state index contributed by atoms with van der Waals surface area (Å²) in [5.74, 6) is -0.00121. The average molecular weight is 285 g/mol. The third kappa shape index (κ3) is 6.18. The molecule has 0 heterocycles. The van der Waals surface area contributed by atoms with E-state index in [0.29, 0.717) is 6.42 Å². The first kappa shape index (κ1) is 16.1. The van der Waals surface area contributed by atoms with E-state index in [-0.39, 0.29) is 17.7 Å². The molecule has 0 saturated heterocycles. The molecule has 3 unspecified atom stereocenters. The summed E-state index contributed by atoms with van der Waals surface area (Å²) in [7, 11) is -3.33. The van der Waals surface area contributed by atoms with Crippen molar-refractivity contribution in [3.63, 3.8) is 0 Å². The van der Waals surface area contributed by atoms with Crippen molar-refractivity contribution in [2.45, 2.75) is 45.3 Å². The Labute approximate surface area is 115 Å². The highest BCUT2D eigenvalue weighted by molar-refractivity contribution is 7.89. The molecule has 0 aliphatic rings. The number of hydrogen-bond acceptors (Lipinski definition) is 3. The van der Waals surface area contributed by atoms with Gasteiger partial charge in [-0.05, 0) is 31.7 Å². The summed E-state index contributed by atoms with van der Waals surface area (Å²) < 4.78 is 26.6. The fourth-order valence-electron chi connectivity index (χ4n) is 2.12. The monoisotopic (exact) mass is 285 g/mol. The van der Waals surface area contributed by atoms with Crippen molar-refractivity contribution in [3.8, 4) is 0 Å². The van der Waals surface area contributed by atoms with Crippen LogP contribution >= 0.6 is 0 Å². The SMILES string of the molecule is CC(O)CC(C)NS(=O)(=O)CC(C)c1ccccc1. The van der Waals surface area contributed by atoms with Crippen LogP contribution in [0.4, 0.5) is 0 Å².